The summed E-state index contributed by atoms with van der Waals surface area (Å²) in [5, 5.41) is 15.1. The third-order valence-electron chi connectivity index (χ3n) is 5.88. The summed E-state index contributed by atoms with van der Waals surface area (Å²) < 4.78 is 5.78. The highest BCUT2D eigenvalue weighted by atomic mass is 35.5. The van der Waals surface area contributed by atoms with Crippen LogP contribution in [0.3, 0.4) is 0 Å². The minimum absolute atomic E-state index is 0.0920. The highest BCUT2D eigenvalue weighted by Crippen LogP contribution is 2.39. The summed E-state index contributed by atoms with van der Waals surface area (Å²) in [4.78, 5) is 25.5. The molecule has 0 bridgehead atoms. The van der Waals surface area contributed by atoms with Crippen molar-refractivity contribution in [3.8, 4) is 5.75 Å². The number of nitrogens with one attached hydrogen (secondary N) is 2. The number of hydrogen-bond acceptors (Lipinski definition) is 4. The number of rotatable bonds is 11. The Bertz CT molecular complexity index is 1200. The van der Waals surface area contributed by atoms with E-state index in [-0.39, 0.29) is 18.8 Å². The Hall–Kier alpha value is -3.61. The molecule has 7 heteroatoms. The molecule has 4 rings (SSSR count). The summed E-state index contributed by atoms with van der Waals surface area (Å²) in [6, 6.07) is 22.4. The van der Waals surface area contributed by atoms with Crippen LogP contribution in [0.15, 0.2) is 78.5 Å². The predicted molar refractivity (Wildman–Crippen MR) is 141 cm³/mol. The van der Waals surface area contributed by atoms with Crippen LogP contribution in [0.2, 0.25) is 5.02 Å². The first-order valence-corrected chi connectivity index (χ1v) is 12.4. The van der Waals surface area contributed by atoms with Gasteiger partial charge in [0.15, 0.2) is 0 Å². The Morgan fingerprint density at radius 2 is 1.67 bits per heavy atom. The zero-order valence-corrected chi connectivity index (χ0v) is 20.6. The van der Waals surface area contributed by atoms with Crippen LogP contribution in [0.1, 0.15) is 45.8 Å². The maximum Gasteiger partial charge on any atom is 0.267 e. The average Bonchev–Trinajstić information content (AvgIpc) is 3.74. The average molecular weight is 505 g/mol. The molecular formula is C29H29ClN2O4. The number of carbonyl (C=O) groups excluding carboxylic acids is 2. The molecule has 1 aliphatic rings. The zero-order valence-electron chi connectivity index (χ0n) is 19.9. The summed E-state index contributed by atoms with van der Waals surface area (Å²) in [6.45, 7) is 0.391. The number of aliphatic hydroxyl groups excluding tert-OH is 1. The van der Waals surface area contributed by atoms with E-state index in [1.54, 1.807) is 30.3 Å². The van der Waals surface area contributed by atoms with Crippen LogP contribution in [0, 0.1) is 0 Å². The Kier molecular flexibility index (Phi) is 8.76. The van der Waals surface area contributed by atoms with E-state index in [1.807, 2.05) is 36.4 Å². The molecule has 0 aromatic heterocycles. The second kappa shape index (κ2) is 12.4. The largest absolute Gasteiger partial charge is 0.493 e. The lowest BCUT2D eigenvalue weighted by Gasteiger charge is -2.12. The van der Waals surface area contributed by atoms with E-state index in [4.69, 9.17) is 21.4 Å². The zero-order chi connectivity index (χ0) is 25.3. The van der Waals surface area contributed by atoms with E-state index in [0.717, 1.165) is 17.5 Å². The van der Waals surface area contributed by atoms with Crippen molar-refractivity contribution in [2.75, 3.05) is 19.8 Å². The van der Waals surface area contributed by atoms with Crippen LogP contribution in [0.5, 0.6) is 5.75 Å². The predicted octanol–water partition coefficient (Wildman–Crippen LogP) is 4.72. The van der Waals surface area contributed by atoms with Crippen molar-refractivity contribution in [1.29, 1.82) is 0 Å². The van der Waals surface area contributed by atoms with Crippen molar-refractivity contribution in [2.24, 2.45) is 0 Å². The lowest BCUT2D eigenvalue weighted by molar-refractivity contribution is -0.117. The number of halogens is 1. The van der Waals surface area contributed by atoms with Gasteiger partial charge in [-0.2, -0.15) is 0 Å². The third kappa shape index (κ3) is 7.44. The minimum atomic E-state index is -0.467. The number of carbonyl (C=O) groups is 2. The van der Waals surface area contributed by atoms with Gasteiger partial charge in [-0.1, -0.05) is 48.0 Å². The molecule has 3 aromatic rings. The minimum Gasteiger partial charge on any atom is -0.493 e. The van der Waals surface area contributed by atoms with Gasteiger partial charge in [0.1, 0.15) is 11.4 Å². The number of ether oxygens (including phenoxy) is 1. The molecule has 0 atom stereocenters. The Labute approximate surface area is 215 Å². The Balaban J connectivity index is 1.38. The van der Waals surface area contributed by atoms with Gasteiger partial charge in [-0.25, -0.2) is 0 Å². The first-order valence-electron chi connectivity index (χ1n) is 12.0. The van der Waals surface area contributed by atoms with Crippen molar-refractivity contribution in [3.05, 3.63) is 106 Å². The van der Waals surface area contributed by atoms with E-state index in [9.17, 15) is 9.59 Å². The van der Waals surface area contributed by atoms with Gasteiger partial charge in [0.2, 0.25) is 0 Å². The molecule has 0 spiro atoms. The molecule has 0 radical (unpaired) electrons. The van der Waals surface area contributed by atoms with Crippen molar-refractivity contribution in [1.82, 2.24) is 10.6 Å². The van der Waals surface area contributed by atoms with Crippen LogP contribution < -0.4 is 15.4 Å². The normalized spacial score (nSPS) is 13.2. The monoisotopic (exact) mass is 504 g/mol. The first kappa shape index (κ1) is 25.5. The summed E-state index contributed by atoms with van der Waals surface area (Å²) in [5.74, 6) is 0.403. The van der Waals surface area contributed by atoms with Gasteiger partial charge in [-0.05, 0) is 77.9 Å². The van der Waals surface area contributed by atoms with Gasteiger partial charge >= 0.3 is 0 Å². The Morgan fingerprint density at radius 3 is 2.31 bits per heavy atom. The van der Waals surface area contributed by atoms with E-state index < -0.39 is 11.8 Å². The first-order chi connectivity index (χ1) is 17.5. The molecule has 36 heavy (non-hydrogen) atoms. The van der Waals surface area contributed by atoms with Gasteiger partial charge in [0, 0.05) is 23.6 Å². The van der Waals surface area contributed by atoms with E-state index in [0.29, 0.717) is 28.9 Å². The number of amides is 2. The molecule has 1 aliphatic carbocycles. The van der Waals surface area contributed by atoms with Gasteiger partial charge in [-0.15, -0.1) is 0 Å². The second-order valence-electron chi connectivity index (χ2n) is 8.68. The maximum absolute atomic E-state index is 12.9. The van der Waals surface area contributed by atoms with Crippen molar-refractivity contribution < 1.29 is 19.4 Å². The highest BCUT2D eigenvalue weighted by Gasteiger charge is 2.23. The highest BCUT2D eigenvalue weighted by molar-refractivity contribution is 6.30. The summed E-state index contributed by atoms with van der Waals surface area (Å²) in [7, 11) is 0. The maximum atomic E-state index is 12.9. The summed E-state index contributed by atoms with van der Waals surface area (Å²) in [5.41, 5.74) is 3.72. The van der Waals surface area contributed by atoms with E-state index in [1.165, 1.54) is 18.4 Å². The molecule has 1 fully saturated rings. The fraction of sp³-hybridized carbons (Fsp3) is 0.241. The number of hydrogen-bond donors (Lipinski definition) is 3. The van der Waals surface area contributed by atoms with E-state index in [2.05, 4.69) is 22.8 Å². The van der Waals surface area contributed by atoms with Crippen LogP contribution in [0.25, 0.3) is 6.08 Å². The van der Waals surface area contributed by atoms with Gasteiger partial charge < -0.3 is 20.5 Å². The molecule has 186 valence electrons. The molecule has 2 amide bonds. The SMILES string of the molecule is O=C(NCCO)/C(=C/c1ccc(C2CC2)cc1)NC(=O)c1ccc(OCCc2ccc(Cl)cc2)cc1. The molecule has 3 N–H and O–H groups in total. The quantitative estimate of drug-likeness (QED) is 0.330. The molecule has 0 unspecified atom stereocenters. The molecule has 1 saturated carbocycles. The van der Waals surface area contributed by atoms with Crippen LogP contribution in [-0.2, 0) is 11.2 Å². The van der Waals surface area contributed by atoms with Crippen LogP contribution in [-0.4, -0.2) is 36.7 Å². The van der Waals surface area contributed by atoms with Crippen LogP contribution >= 0.6 is 11.6 Å². The fourth-order valence-electron chi connectivity index (χ4n) is 3.71. The molecule has 6 nitrogen and oxygen atoms in total. The Morgan fingerprint density at radius 1 is 0.972 bits per heavy atom. The molecular weight excluding hydrogens is 476 g/mol. The molecule has 0 aliphatic heterocycles. The lowest BCUT2D eigenvalue weighted by atomic mass is 10.1. The van der Waals surface area contributed by atoms with Crippen molar-refractivity contribution in [2.45, 2.75) is 25.2 Å². The number of benzene rings is 3. The molecule has 0 heterocycles. The van der Waals surface area contributed by atoms with Gasteiger partial charge in [-0.3, -0.25) is 9.59 Å². The smallest absolute Gasteiger partial charge is 0.267 e. The van der Waals surface area contributed by atoms with Gasteiger partial charge in [0.05, 0.1) is 13.2 Å². The van der Waals surface area contributed by atoms with Crippen molar-refractivity contribution >= 4 is 29.5 Å². The summed E-state index contributed by atoms with van der Waals surface area (Å²) in [6.07, 6.45) is 4.80. The lowest BCUT2D eigenvalue weighted by Crippen LogP contribution is -2.36. The standard InChI is InChI=1S/C29H29ClN2O4/c30-25-11-3-20(4-12-25)15-18-36-26-13-9-24(10-14-26)28(34)32-27(29(35)31-16-17-33)19-21-1-5-22(6-2-21)23-7-8-23/h1-6,9-14,19,23,33H,7-8,15-18H2,(H,31,35)(H,32,34)/b27-19-. The van der Waals surface area contributed by atoms with Gasteiger partial charge in [0.25, 0.3) is 11.8 Å². The second-order valence-corrected chi connectivity index (χ2v) is 9.12. The summed E-state index contributed by atoms with van der Waals surface area (Å²) >= 11 is 5.91. The third-order valence-corrected chi connectivity index (χ3v) is 6.13. The molecule has 0 saturated heterocycles. The van der Waals surface area contributed by atoms with E-state index >= 15 is 0 Å². The molecule has 3 aromatic carbocycles. The van der Waals surface area contributed by atoms with Crippen molar-refractivity contribution in [3.63, 3.8) is 0 Å². The van der Waals surface area contributed by atoms with Crippen LogP contribution in [0.4, 0.5) is 0 Å². The fourth-order valence-corrected chi connectivity index (χ4v) is 3.83. The topological polar surface area (TPSA) is 87.7 Å². The number of aliphatic hydroxyl groups is 1.